The summed E-state index contributed by atoms with van der Waals surface area (Å²) >= 11 is 0. The van der Waals surface area contributed by atoms with Gasteiger partial charge in [0.1, 0.15) is 11.6 Å². The number of hydrogen-bond donors (Lipinski definition) is 1. The maximum absolute atomic E-state index is 13.2. The molecule has 0 aromatic heterocycles. The second-order valence-electron chi connectivity index (χ2n) is 4.26. The Morgan fingerprint density at radius 2 is 1.95 bits per heavy atom. The molecular weight excluding hydrogens is 281 g/mol. The maximum Gasteiger partial charge on any atom is 0.335 e. The third-order valence-electron chi connectivity index (χ3n) is 2.76. The van der Waals surface area contributed by atoms with Gasteiger partial charge in [0.15, 0.2) is 0 Å². The van der Waals surface area contributed by atoms with Gasteiger partial charge in [-0.05, 0) is 36.8 Å². The van der Waals surface area contributed by atoms with Crippen LogP contribution >= 0.6 is 0 Å². The number of nitro benzene ring substituents is 1. The van der Waals surface area contributed by atoms with E-state index in [-0.39, 0.29) is 22.7 Å². The Labute approximate surface area is 118 Å². The summed E-state index contributed by atoms with van der Waals surface area (Å²) in [6, 6.07) is 6.91. The summed E-state index contributed by atoms with van der Waals surface area (Å²) in [6.45, 7) is 1.59. The Bertz CT molecular complexity index is 729. The first kappa shape index (κ1) is 14.4. The molecule has 0 fully saturated rings. The number of halogens is 1. The number of nitrogens with zero attached hydrogens (tertiary/aromatic N) is 1. The van der Waals surface area contributed by atoms with Crippen molar-refractivity contribution in [3.63, 3.8) is 0 Å². The van der Waals surface area contributed by atoms with E-state index in [1.807, 2.05) is 0 Å². The third-order valence-corrected chi connectivity index (χ3v) is 2.76. The van der Waals surface area contributed by atoms with Crippen molar-refractivity contribution in [2.75, 3.05) is 0 Å². The molecule has 2 aromatic rings. The zero-order chi connectivity index (χ0) is 15.6. The average Bonchev–Trinajstić information content (AvgIpc) is 2.40. The van der Waals surface area contributed by atoms with Gasteiger partial charge >= 0.3 is 11.7 Å². The van der Waals surface area contributed by atoms with Gasteiger partial charge in [-0.3, -0.25) is 10.1 Å². The molecule has 0 unspecified atom stereocenters. The van der Waals surface area contributed by atoms with Crippen LogP contribution in [0.25, 0.3) is 0 Å². The van der Waals surface area contributed by atoms with Crippen molar-refractivity contribution < 1.29 is 24.0 Å². The number of aromatic carboxylic acids is 1. The molecule has 0 amide bonds. The quantitative estimate of drug-likeness (QED) is 0.687. The van der Waals surface area contributed by atoms with E-state index >= 15 is 0 Å². The summed E-state index contributed by atoms with van der Waals surface area (Å²) in [5.74, 6) is -1.79. The molecule has 0 atom stereocenters. The molecule has 0 saturated heterocycles. The van der Waals surface area contributed by atoms with Crippen LogP contribution in [0, 0.1) is 22.9 Å². The Morgan fingerprint density at radius 3 is 2.52 bits per heavy atom. The van der Waals surface area contributed by atoms with Crippen LogP contribution in [0.15, 0.2) is 36.4 Å². The smallest absolute Gasteiger partial charge is 0.335 e. The van der Waals surface area contributed by atoms with Crippen molar-refractivity contribution in [3.05, 3.63) is 63.5 Å². The molecule has 0 spiro atoms. The molecule has 0 aliphatic rings. The van der Waals surface area contributed by atoms with Crippen LogP contribution in [0.2, 0.25) is 0 Å². The number of rotatable bonds is 4. The third kappa shape index (κ3) is 3.14. The van der Waals surface area contributed by atoms with Gasteiger partial charge < -0.3 is 9.84 Å². The minimum absolute atomic E-state index is 0.0635. The van der Waals surface area contributed by atoms with E-state index in [0.717, 1.165) is 18.2 Å². The van der Waals surface area contributed by atoms with Gasteiger partial charge in [-0.15, -0.1) is 0 Å². The van der Waals surface area contributed by atoms with E-state index in [9.17, 15) is 19.3 Å². The van der Waals surface area contributed by atoms with Gasteiger partial charge in [0, 0.05) is 12.1 Å². The number of nitro groups is 1. The van der Waals surface area contributed by atoms with Crippen LogP contribution in [0.1, 0.15) is 15.9 Å². The lowest BCUT2D eigenvalue weighted by Gasteiger charge is -2.09. The van der Waals surface area contributed by atoms with Crippen LogP contribution in [-0.2, 0) is 0 Å². The fourth-order valence-electron chi connectivity index (χ4n) is 1.74. The zero-order valence-electron chi connectivity index (χ0n) is 10.9. The highest BCUT2D eigenvalue weighted by molar-refractivity contribution is 5.88. The molecule has 6 nitrogen and oxygen atoms in total. The first-order valence-corrected chi connectivity index (χ1v) is 5.84. The fraction of sp³-hybridized carbons (Fsp3) is 0.0714. The minimum atomic E-state index is -1.10. The van der Waals surface area contributed by atoms with Crippen LogP contribution in [-0.4, -0.2) is 16.0 Å². The standard InChI is InChI=1S/C14H10FNO5/c1-8-6-9(14(17)18)2-5-12(8)21-13-7-10(15)3-4-11(13)16(19)20/h2-7H,1H3,(H,17,18). The van der Waals surface area contributed by atoms with Crippen molar-refractivity contribution in [2.24, 2.45) is 0 Å². The number of ether oxygens (including phenoxy) is 1. The zero-order valence-corrected chi connectivity index (χ0v) is 10.9. The predicted molar refractivity (Wildman–Crippen MR) is 71.3 cm³/mol. The van der Waals surface area contributed by atoms with E-state index in [4.69, 9.17) is 9.84 Å². The Kier molecular flexibility index (Phi) is 3.84. The van der Waals surface area contributed by atoms with Crippen molar-refractivity contribution in [2.45, 2.75) is 6.92 Å². The molecule has 0 aliphatic heterocycles. The van der Waals surface area contributed by atoms with Gasteiger partial charge in [-0.1, -0.05) is 0 Å². The van der Waals surface area contributed by atoms with Crippen LogP contribution in [0.4, 0.5) is 10.1 Å². The maximum atomic E-state index is 13.2. The van der Waals surface area contributed by atoms with E-state index in [1.54, 1.807) is 6.92 Å². The lowest BCUT2D eigenvalue weighted by atomic mass is 10.1. The van der Waals surface area contributed by atoms with Crippen LogP contribution in [0.3, 0.4) is 0 Å². The molecule has 2 aromatic carbocycles. The Morgan fingerprint density at radius 1 is 1.24 bits per heavy atom. The SMILES string of the molecule is Cc1cc(C(=O)O)ccc1Oc1cc(F)ccc1[N+](=O)[O-]. The van der Waals surface area contributed by atoms with E-state index in [2.05, 4.69) is 0 Å². The summed E-state index contributed by atoms with van der Waals surface area (Å²) in [5, 5.41) is 19.7. The van der Waals surface area contributed by atoms with Crippen LogP contribution in [0.5, 0.6) is 11.5 Å². The monoisotopic (exact) mass is 291 g/mol. The average molecular weight is 291 g/mol. The number of benzene rings is 2. The number of aryl methyl sites for hydroxylation is 1. The highest BCUT2D eigenvalue weighted by Crippen LogP contribution is 2.33. The molecule has 0 heterocycles. The van der Waals surface area contributed by atoms with E-state index in [0.29, 0.717) is 5.56 Å². The summed E-state index contributed by atoms with van der Waals surface area (Å²) < 4.78 is 18.5. The molecular formula is C14H10FNO5. The van der Waals surface area contributed by atoms with E-state index < -0.39 is 16.7 Å². The molecule has 0 bridgehead atoms. The molecule has 0 aliphatic carbocycles. The highest BCUT2D eigenvalue weighted by Gasteiger charge is 2.17. The topological polar surface area (TPSA) is 89.7 Å². The highest BCUT2D eigenvalue weighted by atomic mass is 19.1. The van der Waals surface area contributed by atoms with Gasteiger partial charge in [-0.25, -0.2) is 9.18 Å². The van der Waals surface area contributed by atoms with Gasteiger partial charge in [0.25, 0.3) is 0 Å². The first-order valence-electron chi connectivity index (χ1n) is 5.84. The lowest BCUT2D eigenvalue weighted by molar-refractivity contribution is -0.385. The predicted octanol–water partition coefficient (Wildman–Crippen LogP) is 3.53. The van der Waals surface area contributed by atoms with Gasteiger partial charge in [0.05, 0.1) is 10.5 Å². The molecule has 1 N–H and O–H groups in total. The van der Waals surface area contributed by atoms with Crippen molar-refractivity contribution in [3.8, 4) is 11.5 Å². The summed E-state index contributed by atoms with van der Waals surface area (Å²) in [5.41, 5.74) is 0.153. The molecule has 108 valence electrons. The second-order valence-corrected chi connectivity index (χ2v) is 4.26. The number of carbonyl (C=O) groups is 1. The van der Waals surface area contributed by atoms with E-state index in [1.165, 1.54) is 18.2 Å². The largest absolute Gasteiger partial charge is 0.478 e. The fourth-order valence-corrected chi connectivity index (χ4v) is 1.74. The van der Waals surface area contributed by atoms with Crippen molar-refractivity contribution in [1.29, 1.82) is 0 Å². The Hall–Kier alpha value is -2.96. The number of carboxylic acid groups (broad SMARTS) is 1. The minimum Gasteiger partial charge on any atom is -0.478 e. The first-order chi connectivity index (χ1) is 9.88. The van der Waals surface area contributed by atoms with Gasteiger partial charge in [0.2, 0.25) is 5.75 Å². The molecule has 7 heteroatoms. The second kappa shape index (κ2) is 5.58. The normalized spacial score (nSPS) is 10.2. The van der Waals surface area contributed by atoms with Crippen molar-refractivity contribution in [1.82, 2.24) is 0 Å². The molecule has 2 rings (SSSR count). The summed E-state index contributed by atoms with van der Waals surface area (Å²) in [4.78, 5) is 21.0. The summed E-state index contributed by atoms with van der Waals surface area (Å²) in [6.07, 6.45) is 0. The number of hydrogen-bond acceptors (Lipinski definition) is 4. The van der Waals surface area contributed by atoms with Crippen molar-refractivity contribution >= 4 is 11.7 Å². The molecule has 0 radical (unpaired) electrons. The molecule has 21 heavy (non-hydrogen) atoms. The molecule has 0 saturated carbocycles. The lowest BCUT2D eigenvalue weighted by Crippen LogP contribution is -1.99. The summed E-state index contributed by atoms with van der Waals surface area (Å²) in [7, 11) is 0. The van der Waals surface area contributed by atoms with Crippen LogP contribution < -0.4 is 4.74 Å². The number of carboxylic acids is 1. The Balaban J connectivity index is 2.40. The van der Waals surface area contributed by atoms with Gasteiger partial charge in [-0.2, -0.15) is 0 Å².